The van der Waals surface area contributed by atoms with Crippen LogP contribution in [-0.4, -0.2) is 38.7 Å². The highest BCUT2D eigenvalue weighted by atomic mass is 28.4. The molecule has 114 valence electrons. The number of carbonyl (C=O) groups excluding carboxylic acids is 1. The molecular weight excluding hydrogens is 272 g/mol. The molecule has 5 heteroatoms. The summed E-state index contributed by atoms with van der Waals surface area (Å²) in [6.07, 6.45) is 1.50. The third-order valence-corrected chi connectivity index (χ3v) is 6.35. The monoisotopic (exact) mass is 298 g/mol. The molecule has 2 fully saturated rings. The molecule has 2 saturated heterocycles. The second-order valence-corrected chi connectivity index (χ2v) is 11.1. The van der Waals surface area contributed by atoms with E-state index >= 15 is 0 Å². The van der Waals surface area contributed by atoms with Crippen molar-refractivity contribution in [2.45, 2.75) is 64.8 Å². The van der Waals surface area contributed by atoms with Crippen molar-refractivity contribution >= 4 is 14.1 Å². The summed E-state index contributed by atoms with van der Waals surface area (Å²) >= 11 is 0. The Labute approximate surface area is 122 Å². The van der Waals surface area contributed by atoms with Gasteiger partial charge >= 0.3 is 0 Å². The van der Waals surface area contributed by atoms with Gasteiger partial charge < -0.3 is 13.9 Å². The molecular formula is C15H26O4Si. The van der Waals surface area contributed by atoms with Crippen LogP contribution in [0.5, 0.6) is 0 Å². The Bertz CT molecular complexity index is 428. The maximum atomic E-state index is 12.4. The average Bonchev–Trinajstić information content (AvgIpc) is 2.65. The minimum absolute atomic E-state index is 0.0244. The largest absolute Gasteiger partial charge is 0.414 e. The van der Waals surface area contributed by atoms with Gasteiger partial charge in [-0.1, -0.05) is 12.5 Å². The number of ketones is 1. The summed E-state index contributed by atoms with van der Waals surface area (Å²) in [4.78, 5) is 12.4. The van der Waals surface area contributed by atoms with Gasteiger partial charge in [-0.25, -0.2) is 0 Å². The van der Waals surface area contributed by atoms with Crippen LogP contribution >= 0.6 is 0 Å². The Balaban J connectivity index is 2.11. The molecule has 0 aromatic rings. The van der Waals surface area contributed by atoms with Crippen LogP contribution in [0.1, 0.15) is 27.7 Å². The number of ether oxygens (including phenoxy) is 2. The van der Waals surface area contributed by atoms with Gasteiger partial charge in [-0.2, -0.15) is 0 Å². The van der Waals surface area contributed by atoms with E-state index in [0.717, 1.165) is 6.04 Å². The lowest BCUT2D eigenvalue weighted by Crippen LogP contribution is -2.43. The molecule has 0 amide bonds. The van der Waals surface area contributed by atoms with Crippen LogP contribution in [0.15, 0.2) is 11.6 Å². The minimum Gasteiger partial charge on any atom is -0.414 e. The van der Waals surface area contributed by atoms with Gasteiger partial charge in [0.15, 0.2) is 19.9 Å². The lowest BCUT2D eigenvalue weighted by molar-refractivity contribution is -0.149. The van der Waals surface area contributed by atoms with Crippen LogP contribution in [0.4, 0.5) is 0 Å². The van der Waals surface area contributed by atoms with Crippen LogP contribution in [0.25, 0.3) is 0 Å². The van der Waals surface area contributed by atoms with Crippen molar-refractivity contribution in [2.75, 3.05) is 6.61 Å². The fourth-order valence-electron chi connectivity index (χ4n) is 2.89. The third-order valence-electron chi connectivity index (χ3n) is 4.08. The number of hydrogen-bond acceptors (Lipinski definition) is 4. The van der Waals surface area contributed by atoms with E-state index in [2.05, 4.69) is 26.9 Å². The van der Waals surface area contributed by atoms with Gasteiger partial charge in [0.25, 0.3) is 0 Å². The van der Waals surface area contributed by atoms with Gasteiger partial charge in [0.05, 0.1) is 6.61 Å². The lowest BCUT2D eigenvalue weighted by atomic mass is 9.95. The number of rotatable bonds is 2. The predicted octanol–water partition coefficient (Wildman–Crippen LogP) is 2.89. The van der Waals surface area contributed by atoms with Gasteiger partial charge in [0.1, 0.15) is 6.10 Å². The Morgan fingerprint density at radius 3 is 2.55 bits per heavy atom. The topological polar surface area (TPSA) is 44.8 Å². The summed E-state index contributed by atoms with van der Waals surface area (Å²) in [7, 11) is -1.69. The van der Waals surface area contributed by atoms with E-state index in [0.29, 0.717) is 6.61 Å². The van der Waals surface area contributed by atoms with Crippen molar-refractivity contribution in [2.24, 2.45) is 5.92 Å². The fraction of sp³-hybridized carbons (Fsp3) is 0.800. The van der Waals surface area contributed by atoms with Crippen molar-refractivity contribution in [3.63, 3.8) is 0 Å². The molecule has 2 rings (SSSR count). The van der Waals surface area contributed by atoms with E-state index in [4.69, 9.17) is 13.9 Å². The van der Waals surface area contributed by atoms with E-state index in [9.17, 15) is 4.79 Å². The molecule has 0 aromatic carbocycles. The van der Waals surface area contributed by atoms with E-state index < -0.39 is 20.2 Å². The predicted molar refractivity (Wildman–Crippen MR) is 80.0 cm³/mol. The van der Waals surface area contributed by atoms with Crippen LogP contribution in [-0.2, 0) is 18.7 Å². The molecule has 2 aliphatic heterocycles. The molecule has 0 spiro atoms. The van der Waals surface area contributed by atoms with E-state index in [1.165, 1.54) is 5.57 Å². The zero-order chi connectivity index (χ0) is 15.1. The molecule has 2 heterocycles. The standard InChI is InChI=1S/C15H26O4Si/c1-10-11(2)19-20(5,6)9-12(10)7-13(16)14-8-17-15(3,4)18-14/h7,10-11,14H,8-9H2,1-6H3/b12-7+/t10-,11+,14+/m0/s1. The second kappa shape index (κ2) is 5.37. The van der Waals surface area contributed by atoms with Gasteiger partial charge in [0, 0.05) is 12.0 Å². The first-order valence-electron chi connectivity index (χ1n) is 7.33. The maximum absolute atomic E-state index is 12.4. The molecule has 20 heavy (non-hydrogen) atoms. The number of hydrogen-bond donors (Lipinski definition) is 0. The van der Waals surface area contributed by atoms with E-state index in [1.54, 1.807) is 6.08 Å². The average molecular weight is 298 g/mol. The van der Waals surface area contributed by atoms with Crippen LogP contribution in [0, 0.1) is 5.92 Å². The Morgan fingerprint density at radius 1 is 1.35 bits per heavy atom. The van der Waals surface area contributed by atoms with Crippen molar-refractivity contribution in [3.8, 4) is 0 Å². The zero-order valence-electron chi connectivity index (χ0n) is 13.4. The van der Waals surface area contributed by atoms with Crippen LogP contribution < -0.4 is 0 Å². The molecule has 0 aromatic heterocycles. The molecule has 0 bridgehead atoms. The molecule has 0 radical (unpaired) electrons. The first kappa shape index (κ1) is 15.9. The molecule has 0 N–H and O–H groups in total. The highest BCUT2D eigenvalue weighted by molar-refractivity contribution is 6.72. The lowest BCUT2D eigenvalue weighted by Gasteiger charge is -2.39. The highest BCUT2D eigenvalue weighted by Crippen LogP contribution is 2.35. The molecule has 0 aliphatic carbocycles. The Kier molecular flexibility index (Phi) is 4.26. The first-order valence-corrected chi connectivity index (χ1v) is 10.5. The van der Waals surface area contributed by atoms with Crippen molar-refractivity contribution in [1.82, 2.24) is 0 Å². The smallest absolute Gasteiger partial charge is 0.191 e. The van der Waals surface area contributed by atoms with Crippen molar-refractivity contribution < 1.29 is 18.7 Å². The van der Waals surface area contributed by atoms with Crippen molar-refractivity contribution in [3.05, 3.63) is 11.6 Å². The van der Waals surface area contributed by atoms with E-state index in [1.807, 2.05) is 13.8 Å². The summed E-state index contributed by atoms with van der Waals surface area (Å²) in [5, 5.41) is 0. The Morgan fingerprint density at radius 2 is 2.00 bits per heavy atom. The normalized spacial score (nSPS) is 38.1. The van der Waals surface area contributed by atoms with Gasteiger partial charge in [-0.3, -0.25) is 4.79 Å². The van der Waals surface area contributed by atoms with Crippen molar-refractivity contribution in [1.29, 1.82) is 0 Å². The SMILES string of the molecule is C[C@@H]1/C(=C/C(=O)[C@H]2COC(C)(C)O2)C[Si](C)(C)O[C@@H]1C. The number of carbonyl (C=O) groups is 1. The van der Waals surface area contributed by atoms with Crippen LogP contribution in [0.3, 0.4) is 0 Å². The van der Waals surface area contributed by atoms with Gasteiger partial charge in [-0.15, -0.1) is 0 Å². The summed E-state index contributed by atoms with van der Waals surface area (Å²) in [6.45, 7) is 12.6. The molecule has 0 saturated carbocycles. The van der Waals surface area contributed by atoms with Crippen LogP contribution in [0.2, 0.25) is 19.1 Å². The second-order valence-electron chi connectivity index (χ2n) is 6.99. The fourth-order valence-corrected chi connectivity index (χ4v) is 5.59. The zero-order valence-corrected chi connectivity index (χ0v) is 14.4. The quantitative estimate of drug-likeness (QED) is 0.581. The maximum Gasteiger partial charge on any atom is 0.191 e. The summed E-state index contributed by atoms with van der Waals surface area (Å²) < 4.78 is 17.2. The highest BCUT2D eigenvalue weighted by Gasteiger charge is 2.39. The molecule has 4 nitrogen and oxygen atoms in total. The molecule has 2 aliphatic rings. The minimum atomic E-state index is -1.69. The third kappa shape index (κ3) is 3.58. The van der Waals surface area contributed by atoms with Gasteiger partial charge in [-0.05, 0) is 46.0 Å². The summed E-state index contributed by atoms with van der Waals surface area (Å²) in [5.74, 6) is -0.340. The Hall–Kier alpha value is -0.493. The molecule has 3 atom stereocenters. The van der Waals surface area contributed by atoms with E-state index in [-0.39, 0.29) is 17.8 Å². The molecule has 0 unspecified atom stereocenters. The summed E-state index contributed by atoms with van der Waals surface area (Å²) in [6, 6.07) is 0.918. The summed E-state index contributed by atoms with van der Waals surface area (Å²) in [5.41, 5.74) is 1.21. The van der Waals surface area contributed by atoms with Gasteiger partial charge in [0.2, 0.25) is 0 Å². The first-order chi connectivity index (χ1) is 9.10.